The van der Waals surface area contributed by atoms with Gasteiger partial charge in [-0.25, -0.2) is 12.7 Å². The minimum Gasteiger partial charge on any atom is -0.497 e. The predicted octanol–water partition coefficient (Wildman–Crippen LogP) is 0.866. The summed E-state index contributed by atoms with van der Waals surface area (Å²) in [5, 5.41) is 10.6. The van der Waals surface area contributed by atoms with E-state index < -0.39 is 16.1 Å². The highest BCUT2D eigenvalue weighted by Gasteiger charge is 2.21. The van der Waals surface area contributed by atoms with Gasteiger partial charge in [0.25, 0.3) is 5.91 Å². The van der Waals surface area contributed by atoms with Crippen LogP contribution in [-0.2, 0) is 21.2 Å². The van der Waals surface area contributed by atoms with E-state index in [2.05, 4.69) is 15.6 Å². The molecule has 1 unspecified atom stereocenters. The fourth-order valence-corrected chi connectivity index (χ4v) is 3.71. The fraction of sp³-hybridized carbons (Fsp3) is 0.350. The molecule has 0 aliphatic rings. The second-order valence-electron chi connectivity index (χ2n) is 7.04. The molecule has 0 aliphatic carbocycles. The van der Waals surface area contributed by atoms with Gasteiger partial charge in [0.15, 0.2) is 0 Å². The second kappa shape index (κ2) is 9.31. The quantitative estimate of drug-likeness (QED) is 0.517. The molecule has 0 radical (unpaired) electrons. The van der Waals surface area contributed by atoms with E-state index in [9.17, 15) is 13.2 Å². The van der Waals surface area contributed by atoms with Gasteiger partial charge in [0.1, 0.15) is 16.8 Å². The standard InChI is InChI=1S/C20H25N5O5S/c1-14(20(26)21-12-11-15-5-7-16(29-4)8-6-15)30-25-19-13-17(31(27,28)24(2)3)9-10-18(19)22-23-25/h5-10,13-14H,11-12H2,1-4H3,(H,21,26). The Kier molecular flexibility index (Phi) is 6.76. The summed E-state index contributed by atoms with van der Waals surface area (Å²) in [6.07, 6.45) is -0.213. The normalized spacial score (nSPS) is 12.7. The number of sulfonamides is 1. The van der Waals surface area contributed by atoms with Crippen molar-refractivity contribution in [2.24, 2.45) is 0 Å². The Morgan fingerprint density at radius 1 is 1.19 bits per heavy atom. The van der Waals surface area contributed by atoms with Crippen molar-refractivity contribution in [2.45, 2.75) is 24.3 Å². The summed E-state index contributed by atoms with van der Waals surface area (Å²) in [5.74, 6) is 0.450. The van der Waals surface area contributed by atoms with Crippen molar-refractivity contribution in [1.29, 1.82) is 0 Å². The molecule has 2 aromatic carbocycles. The third-order valence-corrected chi connectivity index (χ3v) is 6.48. The average Bonchev–Trinajstić information content (AvgIpc) is 3.16. The van der Waals surface area contributed by atoms with Crippen LogP contribution >= 0.6 is 0 Å². The van der Waals surface area contributed by atoms with E-state index in [0.717, 1.165) is 20.5 Å². The van der Waals surface area contributed by atoms with Crippen LogP contribution in [0, 0.1) is 0 Å². The van der Waals surface area contributed by atoms with Crippen molar-refractivity contribution < 1.29 is 22.8 Å². The highest BCUT2D eigenvalue weighted by atomic mass is 32.2. The van der Waals surface area contributed by atoms with Crippen molar-refractivity contribution in [1.82, 2.24) is 24.8 Å². The van der Waals surface area contributed by atoms with Crippen LogP contribution in [0.4, 0.5) is 0 Å². The van der Waals surface area contributed by atoms with E-state index in [4.69, 9.17) is 9.57 Å². The number of methoxy groups -OCH3 is 1. The van der Waals surface area contributed by atoms with Gasteiger partial charge in [-0.15, -0.1) is 5.10 Å². The molecule has 11 heteroatoms. The van der Waals surface area contributed by atoms with E-state index in [0.29, 0.717) is 24.0 Å². The molecule has 0 spiro atoms. The zero-order valence-electron chi connectivity index (χ0n) is 17.8. The molecule has 0 fully saturated rings. The Bertz CT molecular complexity index is 1160. The van der Waals surface area contributed by atoms with Crippen LogP contribution in [0.5, 0.6) is 5.75 Å². The summed E-state index contributed by atoms with van der Waals surface area (Å²) in [7, 11) is 0.876. The summed E-state index contributed by atoms with van der Waals surface area (Å²) in [4.78, 5) is 19.1. The molecular weight excluding hydrogens is 422 g/mol. The lowest BCUT2D eigenvalue weighted by Crippen LogP contribution is -2.40. The lowest BCUT2D eigenvalue weighted by atomic mass is 10.1. The number of nitrogens with one attached hydrogen (secondary N) is 1. The van der Waals surface area contributed by atoms with Crippen LogP contribution in [-0.4, -0.2) is 67.6 Å². The molecule has 3 rings (SSSR count). The highest BCUT2D eigenvalue weighted by Crippen LogP contribution is 2.19. The van der Waals surface area contributed by atoms with Gasteiger partial charge in [0.05, 0.1) is 12.0 Å². The molecule has 0 saturated carbocycles. The number of hydrogen-bond donors (Lipinski definition) is 1. The molecule has 0 aliphatic heterocycles. The molecule has 1 atom stereocenters. The lowest BCUT2D eigenvalue weighted by molar-refractivity contribution is -0.132. The van der Waals surface area contributed by atoms with Crippen LogP contribution in [0.25, 0.3) is 11.0 Å². The number of ether oxygens (including phenoxy) is 1. The Balaban J connectivity index is 1.63. The first-order chi connectivity index (χ1) is 14.7. The van der Waals surface area contributed by atoms with E-state index in [1.54, 1.807) is 14.0 Å². The molecule has 1 N–H and O–H groups in total. The Morgan fingerprint density at radius 2 is 1.90 bits per heavy atom. The monoisotopic (exact) mass is 447 g/mol. The summed E-state index contributed by atoms with van der Waals surface area (Å²) in [6.45, 7) is 2.01. The van der Waals surface area contributed by atoms with Gasteiger partial charge >= 0.3 is 0 Å². The number of fused-ring (bicyclic) bond motifs is 1. The van der Waals surface area contributed by atoms with Gasteiger partial charge < -0.3 is 14.9 Å². The van der Waals surface area contributed by atoms with Gasteiger partial charge in [-0.3, -0.25) is 4.79 Å². The third kappa shape index (κ3) is 5.12. The number of nitrogens with zero attached hydrogens (tertiary/aromatic N) is 4. The van der Waals surface area contributed by atoms with Crippen molar-refractivity contribution >= 4 is 27.0 Å². The SMILES string of the molecule is COc1ccc(CCNC(=O)C(C)On2nnc3ccc(S(=O)(=O)N(C)C)cc32)cc1. The van der Waals surface area contributed by atoms with Crippen LogP contribution in [0.1, 0.15) is 12.5 Å². The molecule has 3 aromatic rings. The molecule has 1 amide bonds. The first-order valence-electron chi connectivity index (χ1n) is 9.58. The highest BCUT2D eigenvalue weighted by molar-refractivity contribution is 7.89. The van der Waals surface area contributed by atoms with Gasteiger partial charge in [-0.1, -0.05) is 17.0 Å². The lowest BCUT2D eigenvalue weighted by Gasteiger charge is -2.14. The third-order valence-electron chi connectivity index (χ3n) is 4.66. The minimum atomic E-state index is -3.63. The topological polar surface area (TPSA) is 116 Å². The van der Waals surface area contributed by atoms with Crippen LogP contribution in [0.3, 0.4) is 0 Å². The summed E-state index contributed by atoms with van der Waals surface area (Å²) in [5.41, 5.74) is 1.86. The number of aromatic nitrogens is 3. The second-order valence-corrected chi connectivity index (χ2v) is 9.19. The number of hydrogen-bond acceptors (Lipinski definition) is 7. The maximum absolute atomic E-state index is 12.4. The average molecular weight is 448 g/mol. The van der Waals surface area contributed by atoms with Crippen LogP contribution in [0.2, 0.25) is 0 Å². The number of amides is 1. The molecule has 1 heterocycles. The molecule has 31 heavy (non-hydrogen) atoms. The van der Waals surface area contributed by atoms with Gasteiger partial charge in [-0.05, 0) is 54.5 Å². The molecule has 0 bridgehead atoms. The van der Waals surface area contributed by atoms with E-state index >= 15 is 0 Å². The van der Waals surface area contributed by atoms with Gasteiger partial charge in [0.2, 0.25) is 16.1 Å². The number of carbonyl (C=O) groups is 1. The minimum absolute atomic E-state index is 0.0775. The zero-order valence-corrected chi connectivity index (χ0v) is 18.6. The van der Waals surface area contributed by atoms with Crippen molar-refractivity contribution in [3.63, 3.8) is 0 Å². The Labute approximate surface area is 180 Å². The number of rotatable bonds is 9. The largest absolute Gasteiger partial charge is 0.497 e. The Morgan fingerprint density at radius 3 is 2.55 bits per heavy atom. The number of benzene rings is 2. The van der Waals surface area contributed by atoms with Crippen molar-refractivity contribution in [2.75, 3.05) is 27.7 Å². The first kappa shape index (κ1) is 22.5. The molecule has 10 nitrogen and oxygen atoms in total. The molecule has 1 aromatic heterocycles. The fourth-order valence-electron chi connectivity index (χ4n) is 2.79. The molecule has 0 saturated heterocycles. The van der Waals surface area contributed by atoms with Crippen LogP contribution in [0.15, 0.2) is 47.4 Å². The van der Waals surface area contributed by atoms with Gasteiger partial charge in [0, 0.05) is 20.6 Å². The molecule has 166 valence electrons. The smallest absolute Gasteiger partial charge is 0.263 e. The maximum Gasteiger partial charge on any atom is 0.263 e. The van der Waals surface area contributed by atoms with Crippen LogP contribution < -0.4 is 14.9 Å². The van der Waals surface area contributed by atoms with Crippen molar-refractivity contribution in [3.05, 3.63) is 48.0 Å². The Hall–Kier alpha value is -3.18. The maximum atomic E-state index is 12.4. The predicted molar refractivity (Wildman–Crippen MR) is 114 cm³/mol. The van der Waals surface area contributed by atoms with Crippen molar-refractivity contribution in [3.8, 4) is 5.75 Å². The summed E-state index contributed by atoms with van der Waals surface area (Å²) in [6, 6.07) is 12.0. The summed E-state index contributed by atoms with van der Waals surface area (Å²) >= 11 is 0. The zero-order chi connectivity index (χ0) is 22.6. The number of carbonyl (C=O) groups excluding carboxylic acids is 1. The van der Waals surface area contributed by atoms with E-state index in [-0.39, 0.29) is 10.8 Å². The van der Waals surface area contributed by atoms with Gasteiger partial charge in [-0.2, -0.15) is 0 Å². The summed E-state index contributed by atoms with van der Waals surface area (Å²) < 4.78 is 31.0. The first-order valence-corrected chi connectivity index (χ1v) is 11.0. The van der Waals surface area contributed by atoms with E-state index in [1.165, 1.54) is 32.3 Å². The molecular formula is C20H25N5O5S. The van der Waals surface area contributed by atoms with E-state index in [1.807, 2.05) is 24.3 Å².